The molecule has 1 rings (SSSR count). The third-order valence-corrected chi connectivity index (χ3v) is 4.73. The highest BCUT2D eigenvalue weighted by molar-refractivity contribution is 7.91. The van der Waals surface area contributed by atoms with Crippen molar-refractivity contribution >= 4 is 9.84 Å². The van der Waals surface area contributed by atoms with Gasteiger partial charge in [0, 0.05) is 6.61 Å². The van der Waals surface area contributed by atoms with Gasteiger partial charge in [0.1, 0.15) is 0 Å². The van der Waals surface area contributed by atoms with Crippen LogP contribution in [0.3, 0.4) is 0 Å². The van der Waals surface area contributed by atoms with E-state index in [4.69, 9.17) is 5.11 Å². The van der Waals surface area contributed by atoms with E-state index in [1.54, 1.807) is 0 Å². The maximum absolute atomic E-state index is 11.2. The zero-order valence-corrected chi connectivity index (χ0v) is 9.05. The van der Waals surface area contributed by atoms with Crippen LogP contribution in [0.25, 0.3) is 0 Å². The lowest BCUT2D eigenvalue weighted by atomic mass is 9.84. The van der Waals surface area contributed by atoms with Gasteiger partial charge in [0.2, 0.25) is 0 Å². The van der Waals surface area contributed by atoms with E-state index in [1.807, 2.05) is 13.8 Å². The van der Waals surface area contributed by atoms with Gasteiger partial charge in [-0.2, -0.15) is 0 Å². The van der Waals surface area contributed by atoms with Gasteiger partial charge in [-0.3, -0.25) is 0 Å². The second-order valence-electron chi connectivity index (χ2n) is 4.25. The molecule has 0 aliphatic carbocycles. The Morgan fingerprint density at radius 2 is 2.08 bits per heavy atom. The predicted octanol–water partition coefficient (Wildman–Crippen LogP) is 0.686. The van der Waals surface area contributed by atoms with Crippen LogP contribution < -0.4 is 0 Å². The third kappa shape index (κ3) is 2.68. The highest BCUT2D eigenvalue weighted by atomic mass is 32.2. The van der Waals surface area contributed by atoms with Crippen LogP contribution in [-0.4, -0.2) is 31.6 Å². The van der Waals surface area contributed by atoms with Gasteiger partial charge >= 0.3 is 0 Å². The molecule has 1 saturated heterocycles. The van der Waals surface area contributed by atoms with E-state index in [0.29, 0.717) is 11.7 Å². The number of aliphatic hydroxyl groups is 1. The van der Waals surface area contributed by atoms with Crippen molar-refractivity contribution in [2.24, 2.45) is 17.8 Å². The quantitative estimate of drug-likeness (QED) is 0.739. The molecule has 0 aromatic heterocycles. The van der Waals surface area contributed by atoms with Crippen LogP contribution in [0.2, 0.25) is 0 Å². The van der Waals surface area contributed by atoms with Gasteiger partial charge in [-0.15, -0.1) is 0 Å². The second kappa shape index (κ2) is 3.96. The van der Waals surface area contributed by atoms with Crippen LogP contribution in [0, 0.1) is 17.8 Å². The maximum Gasteiger partial charge on any atom is 0.150 e. The van der Waals surface area contributed by atoms with Crippen LogP contribution in [0.4, 0.5) is 0 Å². The van der Waals surface area contributed by atoms with Crippen LogP contribution in [-0.2, 0) is 9.84 Å². The molecule has 0 radical (unpaired) electrons. The monoisotopic (exact) mass is 206 g/mol. The first-order valence-corrected chi connectivity index (χ1v) is 6.59. The number of sulfone groups is 1. The molecule has 1 N–H and O–H groups in total. The van der Waals surface area contributed by atoms with Crippen molar-refractivity contribution in [2.75, 3.05) is 18.1 Å². The highest BCUT2D eigenvalue weighted by Gasteiger charge is 2.34. The Kier molecular flexibility index (Phi) is 3.35. The average molecular weight is 206 g/mol. The number of hydrogen-bond donors (Lipinski definition) is 1. The van der Waals surface area contributed by atoms with Crippen molar-refractivity contribution in [3.8, 4) is 0 Å². The van der Waals surface area contributed by atoms with Crippen molar-refractivity contribution in [3.05, 3.63) is 0 Å². The summed E-state index contributed by atoms with van der Waals surface area (Å²) in [6.07, 6.45) is 0.728. The summed E-state index contributed by atoms with van der Waals surface area (Å²) in [7, 11) is -2.80. The molecule has 1 fully saturated rings. The van der Waals surface area contributed by atoms with Crippen LogP contribution in [0.1, 0.15) is 20.3 Å². The fourth-order valence-corrected chi connectivity index (χ4v) is 3.96. The molecular weight excluding hydrogens is 188 g/mol. The molecule has 3 nitrogen and oxygen atoms in total. The number of rotatable bonds is 3. The topological polar surface area (TPSA) is 54.4 Å². The molecule has 0 amide bonds. The zero-order valence-electron chi connectivity index (χ0n) is 8.23. The minimum absolute atomic E-state index is 0.109. The van der Waals surface area contributed by atoms with Gasteiger partial charge in [0.25, 0.3) is 0 Å². The lowest BCUT2D eigenvalue weighted by Crippen LogP contribution is -2.24. The molecule has 0 spiro atoms. The van der Waals surface area contributed by atoms with E-state index in [0.717, 1.165) is 6.42 Å². The molecule has 1 aliphatic rings. The van der Waals surface area contributed by atoms with E-state index in [1.165, 1.54) is 0 Å². The summed E-state index contributed by atoms with van der Waals surface area (Å²) in [6.45, 7) is 4.18. The van der Waals surface area contributed by atoms with Gasteiger partial charge in [-0.05, 0) is 24.2 Å². The fraction of sp³-hybridized carbons (Fsp3) is 1.00. The lowest BCUT2D eigenvalue weighted by molar-refractivity contribution is 0.145. The van der Waals surface area contributed by atoms with E-state index < -0.39 is 9.84 Å². The molecule has 78 valence electrons. The first-order chi connectivity index (χ1) is 5.96. The maximum atomic E-state index is 11.2. The van der Waals surface area contributed by atoms with Crippen LogP contribution in [0.15, 0.2) is 0 Å². The Morgan fingerprint density at radius 1 is 1.46 bits per heavy atom. The molecule has 1 heterocycles. The van der Waals surface area contributed by atoms with Crippen molar-refractivity contribution in [1.82, 2.24) is 0 Å². The summed E-state index contributed by atoms with van der Waals surface area (Å²) in [5, 5.41) is 9.13. The summed E-state index contributed by atoms with van der Waals surface area (Å²) >= 11 is 0. The zero-order chi connectivity index (χ0) is 10.1. The molecule has 0 bridgehead atoms. The summed E-state index contributed by atoms with van der Waals surface area (Å²) < 4.78 is 22.4. The minimum atomic E-state index is -2.80. The molecule has 0 aromatic rings. The molecule has 0 aromatic carbocycles. The van der Waals surface area contributed by atoms with Crippen molar-refractivity contribution in [2.45, 2.75) is 20.3 Å². The van der Waals surface area contributed by atoms with E-state index >= 15 is 0 Å². The summed E-state index contributed by atoms with van der Waals surface area (Å²) in [5.41, 5.74) is 0. The Bertz CT molecular complexity index is 256. The van der Waals surface area contributed by atoms with E-state index in [-0.39, 0.29) is 24.2 Å². The van der Waals surface area contributed by atoms with Gasteiger partial charge in [-0.25, -0.2) is 8.42 Å². The van der Waals surface area contributed by atoms with Crippen molar-refractivity contribution < 1.29 is 13.5 Å². The van der Waals surface area contributed by atoms with Gasteiger partial charge in [0.15, 0.2) is 9.84 Å². The average Bonchev–Trinajstić information content (AvgIpc) is 2.31. The smallest absolute Gasteiger partial charge is 0.150 e. The first kappa shape index (κ1) is 11.0. The third-order valence-electron chi connectivity index (χ3n) is 2.94. The van der Waals surface area contributed by atoms with Gasteiger partial charge in [-0.1, -0.05) is 13.8 Å². The van der Waals surface area contributed by atoms with Gasteiger partial charge < -0.3 is 5.11 Å². The van der Waals surface area contributed by atoms with Crippen molar-refractivity contribution in [1.29, 1.82) is 0 Å². The standard InChI is InChI=1S/C9H18O3S/c1-7(2)9(5-10)8-3-4-13(11,12)6-8/h7-10H,3-6H2,1-2H3. The molecule has 0 saturated carbocycles. The largest absolute Gasteiger partial charge is 0.396 e. The van der Waals surface area contributed by atoms with Crippen LogP contribution >= 0.6 is 0 Å². The number of aliphatic hydroxyl groups excluding tert-OH is 1. The summed E-state index contributed by atoms with van der Waals surface area (Å²) in [5.74, 6) is 1.27. The summed E-state index contributed by atoms with van der Waals surface area (Å²) in [4.78, 5) is 0. The SMILES string of the molecule is CC(C)C(CO)C1CCS(=O)(=O)C1. The first-order valence-electron chi connectivity index (χ1n) is 4.77. The number of hydrogen-bond acceptors (Lipinski definition) is 3. The fourth-order valence-electron chi connectivity index (χ4n) is 2.07. The van der Waals surface area contributed by atoms with Crippen molar-refractivity contribution in [3.63, 3.8) is 0 Å². The Hall–Kier alpha value is -0.0900. The van der Waals surface area contributed by atoms with E-state index in [9.17, 15) is 8.42 Å². The second-order valence-corrected chi connectivity index (χ2v) is 6.48. The molecule has 13 heavy (non-hydrogen) atoms. The summed E-state index contributed by atoms with van der Waals surface area (Å²) in [6, 6.07) is 0. The Balaban J connectivity index is 2.63. The molecule has 2 atom stereocenters. The molecule has 2 unspecified atom stereocenters. The van der Waals surface area contributed by atoms with Gasteiger partial charge in [0.05, 0.1) is 11.5 Å². The molecule has 1 aliphatic heterocycles. The minimum Gasteiger partial charge on any atom is -0.396 e. The lowest BCUT2D eigenvalue weighted by Gasteiger charge is -2.23. The highest BCUT2D eigenvalue weighted by Crippen LogP contribution is 2.30. The molecule has 4 heteroatoms. The van der Waals surface area contributed by atoms with E-state index in [2.05, 4.69) is 0 Å². The Labute approximate surface area is 80.1 Å². The molecular formula is C9H18O3S. The normalized spacial score (nSPS) is 29.4. The predicted molar refractivity (Wildman–Crippen MR) is 52.2 cm³/mol. The Morgan fingerprint density at radius 3 is 2.38 bits per heavy atom. The van der Waals surface area contributed by atoms with Crippen LogP contribution in [0.5, 0.6) is 0 Å².